The van der Waals surface area contributed by atoms with Crippen molar-refractivity contribution in [3.8, 4) is 11.5 Å². The van der Waals surface area contributed by atoms with Crippen molar-refractivity contribution in [1.82, 2.24) is 10.5 Å². The number of alkyl halides is 3. The van der Waals surface area contributed by atoms with Crippen molar-refractivity contribution in [3.63, 3.8) is 0 Å². The lowest BCUT2D eigenvalue weighted by Gasteiger charge is -2.19. The Balaban J connectivity index is 1.47. The second-order valence-corrected chi connectivity index (χ2v) is 10.8. The monoisotopic (exact) mass is 585 g/mol. The number of aryl methyl sites for hydroxylation is 1. The Hall–Kier alpha value is -3.60. The van der Waals surface area contributed by atoms with Gasteiger partial charge in [0.2, 0.25) is 0 Å². The molecule has 3 aromatic rings. The minimum Gasteiger partial charge on any atom is -0.489 e. The number of hydrogen-bond donors (Lipinski definition) is 2. The van der Waals surface area contributed by atoms with E-state index in [-0.39, 0.29) is 12.8 Å². The Labute approximate surface area is 243 Å². The Morgan fingerprint density at radius 2 is 1.69 bits per heavy atom. The summed E-state index contributed by atoms with van der Waals surface area (Å²) in [5.41, 5.74) is 8.17. The summed E-state index contributed by atoms with van der Waals surface area (Å²) in [7, 11) is 0. The molecule has 6 nitrogen and oxygen atoms in total. The minimum atomic E-state index is -3.02. The molecule has 5 rings (SSSR count). The maximum atomic E-state index is 13.5. The number of benzene rings is 3. The molecule has 0 saturated carbocycles. The molecule has 3 aromatic carbocycles. The number of nitrogens with one attached hydrogen (secondary N) is 2. The van der Waals surface area contributed by atoms with E-state index in [1.807, 2.05) is 48.5 Å². The number of halogens is 4. The molecule has 2 aliphatic rings. The second kappa shape index (κ2) is 13.6. The van der Waals surface area contributed by atoms with E-state index >= 15 is 0 Å². The van der Waals surface area contributed by atoms with Gasteiger partial charge in [0.1, 0.15) is 11.9 Å². The van der Waals surface area contributed by atoms with Crippen LogP contribution in [0.1, 0.15) is 54.9 Å². The quantitative estimate of drug-likeness (QED) is 0.130. The molecule has 0 spiro atoms. The molecular formula is C32H35F4N3O3. The molecule has 1 aliphatic heterocycles. The van der Waals surface area contributed by atoms with Gasteiger partial charge in [0, 0.05) is 37.9 Å². The van der Waals surface area contributed by atoms with Gasteiger partial charge in [-0.15, -0.1) is 0 Å². The van der Waals surface area contributed by atoms with Crippen LogP contribution in [0.5, 0.6) is 11.5 Å². The van der Waals surface area contributed by atoms with Gasteiger partial charge < -0.3 is 14.9 Å². The molecule has 1 aliphatic carbocycles. The van der Waals surface area contributed by atoms with E-state index in [0.29, 0.717) is 17.9 Å². The summed E-state index contributed by atoms with van der Waals surface area (Å²) in [5.74, 6) is 1.18. The average molecular weight is 586 g/mol. The lowest BCUT2D eigenvalue weighted by Crippen LogP contribution is -2.26. The summed E-state index contributed by atoms with van der Waals surface area (Å²) in [6.07, 6.45) is 3.87. The largest absolute Gasteiger partial charge is 0.489 e. The standard InChI is InChI=1S/C32H35F4N3O3/c1-32(34,35)37-25-10-6-22(7-11-25)29-5-2-4-24-20-27(41-38-42-36)14-15-30(24)31(29)23-8-12-26(13-9-23)40-28-16-19-39(21-28)18-3-17-33/h6-15,20,28,37-38H,2-5,16-19,21H2,1H3. The van der Waals surface area contributed by atoms with E-state index in [4.69, 9.17) is 9.57 Å². The van der Waals surface area contributed by atoms with Gasteiger partial charge in [-0.25, -0.2) is 0 Å². The van der Waals surface area contributed by atoms with Gasteiger partial charge in [0.05, 0.1) is 6.67 Å². The van der Waals surface area contributed by atoms with Crippen LogP contribution in [0, 0.1) is 0 Å². The predicted octanol–water partition coefficient (Wildman–Crippen LogP) is 7.52. The van der Waals surface area contributed by atoms with E-state index in [2.05, 4.69) is 15.3 Å². The van der Waals surface area contributed by atoms with Crippen molar-refractivity contribution in [1.29, 1.82) is 0 Å². The molecule has 0 bridgehead atoms. The van der Waals surface area contributed by atoms with Crippen LogP contribution in [0.4, 0.5) is 23.4 Å². The van der Waals surface area contributed by atoms with Gasteiger partial charge in [-0.05, 0) is 106 Å². The minimum absolute atomic E-state index is 0.0618. The number of nitrogens with zero attached hydrogens (tertiary/aromatic N) is 1. The molecule has 10 heteroatoms. The first-order chi connectivity index (χ1) is 20.3. The van der Waals surface area contributed by atoms with Crippen molar-refractivity contribution in [2.24, 2.45) is 0 Å². The Morgan fingerprint density at radius 1 is 0.952 bits per heavy atom. The first-order valence-corrected chi connectivity index (χ1v) is 14.2. The third-order valence-corrected chi connectivity index (χ3v) is 7.59. The predicted molar refractivity (Wildman–Crippen MR) is 154 cm³/mol. The summed E-state index contributed by atoms with van der Waals surface area (Å²) in [4.78, 5) is 7.34. The maximum absolute atomic E-state index is 13.5. The molecule has 0 aromatic heterocycles. The van der Waals surface area contributed by atoms with Gasteiger partial charge in [0.25, 0.3) is 0 Å². The van der Waals surface area contributed by atoms with Crippen molar-refractivity contribution < 1.29 is 32.3 Å². The zero-order valence-corrected chi connectivity index (χ0v) is 23.5. The molecule has 224 valence electrons. The zero-order chi connectivity index (χ0) is 29.5. The fourth-order valence-corrected chi connectivity index (χ4v) is 5.79. The third-order valence-electron chi connectivity index (χ3n) is 7.59. The zero-order valence-electron chi connectivity index (χ0n) is 23.5. The highest BCUT2D eigenvalue weighted by Crippen LogP contribution is 2.41. The highest BCUT2D eigenvalue weighted by Gasteiger charge is 2.25. The molecule has 1 fully saturated rings. The van der Waals surface area contributed by atoms with Crippen LogP contribution >= 0.6 is 0 Å². The SMILES string of the molecule is CC(F)(F)Nc1ccc(C2=C(c3ccc(OC4CCN(CCCF)C4)cc3)c3ccc(ONOF)cc3CCC2)cc1. The van der Waals surface area contributed by atoms with Crippen LogP contribution < -0.4 is 20.5 Å². The van der Waals surface area contributed by atoms with Gasteiger partial charge in [0.15, 0.2) is 5.75 Å². The fraction of sp³-hybridized carbons (Fsp3) is 0.375. The number of fused-ring (bicyclic) bond motifs is 1. The first-order valence-electron chi connectivity index (χ1n) is 14.2. The number of allylic oxidation sites excluding steroid dienone is 1. The van der Waals surface area contributed by atoms with E-state index < -0.39 is 6.05 Å². The summed E-state index contributed by atoms with van der Waals surface area (Å²) in [6, 6.07) is 17.5. The normalized spacial score (nSPS) is 17.6. The third kappa shape index (κ3) is 7.61. The van der Waals surface area contributed by atoms with Gasteiger partial charge >= 0.3 is 6.05 Å². The smallest absolute Gasteiger partial charge is 0.320 e. The maximum Gasteiger partial charge on any atom is 0.320 e. The fourth-order valence-electron chi connectivity index (χ4n) is 5.79. The molecule has 42 heavy (non-hydrogen) atoms. The van der Waals surface area contributed by atoms with E-state index in [1.54, 1.807) is 23.8 Å². The van der Waals surface area contributed by atoms with Crippen molar-refractivity contribution in [2.75, 3.05) is 31.6 Å². The number of ether oxygens (including phenoxy) is 1. The number of rotatable bonds is 12. The van der Waals surface area contributed by atoms with E-state index in [9.17, 15) is 17.7 Å². The van der Waals surface area contributed by atoms with Crippen LogP contribution in [0.25, 0.3) is 11.1 Å². The van der Waals surface area contributed by atoms with Crippen LogP contribution in [-0.2, 0) is 11.5 Å². The topological polar surface area (TPSA) is 55.0 Å². The summed E-state index contributed by atoms with van der Waals surface area (Å²) < 4.78 is 58.0. The number of anilines is 1. The van der Waals surface area contributed by atoms with Crippen LogP contribution in [0.3, 0.4) is 0 Å². The lowest BCUT2D eigenvalue weighted by molar-refractivity contribution is -0.268. The van der Waals surface area contributed by atoms with Gasteiger partial charge in [-0.2, -0.15) is 8.78 Å². The second-order valence-electron chi connectivity index (χ2n) is 10.8. The summed E-state index contributed by atoms with van der Waals surface area (Å²) in [5, 5.41) is 5.55. The molecule has 1 saturated heterocycles. The Morgan fingerprint density at radius 3 is 2.40 bits per heavy atom. The Kier molecular flexibility index (Phi) is 9.66. The lowest BCUT2D eigenvalue weighted by atomic mass is 9.87. The molecule has 0 amide bonds. The summed E-state index contributed by atoms with van der Waals surface area (Å²) >= 11 is 0. The highest BCUT2D eigenvalue weighted by atomic mass is 19.3. The van der Waals surface area contributed by atoms with Crippen LogP contribution in [0.15, 0.2) is 66.7 Å². The van der Waals surface area contributed by atoms with Crippen molar-refractivity contribution in [2.45, 2.75) is 51.2 Å². The number of hydrogen-bond acceptors (Lipinski definition) is 6. The first kappa shape index (κ1) is 29.9. The molecular weight excluding hydrogens is 550 g/mol. The average Bonchev–Trinajstić information content (AvgIpc) is 3.33. The van der Waals surface area contributed by atoms with Crippen molar-refractivity contribution >= 4 is 16.8 Å². The molecule has 1 unspecified atom stereocenters. The molecule has 1 atom stereocenters. The Bertz CT molecular complexity index is 1360. The van der Waals surface area contributed by atoms with Gasteiger partial charge in [-0.3, -0.25) is 9.29 Å². The van der Waals surface area contributed by atoms with Crippen LogP contribution in [0.2, 0.25) is 0 Å². The number of likely N-dealkylation sites (tertiary alicyclic amines) is 1. The highest BCUT2D eigenvalue weighted by molar-refractivity contribution is 6.00. The molecule has 1 heterocycles. The van der Waals surface area contributed by atoms with E-state index in [1.165, 1.54) is 0 Å². The van der Waals surface area contributed by atoms with Gasteiger partial charge in [-0.1, -0.05) is 35.4 Å². The molecule has 0 radical (unpaired) electrons. The summed E-state index contributed by atoms with van der Waals surface area (Å²) in [6.45, 7) is 2.94. The van der Waals surface area contributed by atoms with Crippen LogP contribution in [-0.4, -0.2) is 43.4 Å². The molecule has 2 N–H and O–H groups in total. The van der Waals surface area contributed by atoms with E-state index in [0.717, 1.165) is 91.4 Å². The van der Waals surface area contributed by atoms with Crippen molar-refractivity contribution in [3.05, 3.63) is 89.0 Å².